The molecule has 0 bridgehead atoms. The third kappa shape index (κ3) is 6.06. The topological polar surface area (TPSA) is 116 Å². The van der Waals surface area contributed by atoms with Crippen molar-refractivity contribution in [1.82, 2.24) is 15.1 Å². The molecule has 3 aliphatic rings. The van der Waals surface area contributed by atoms with Gasteiger partial charge in [-0.25, -0.2) is 4.39 Å². The third-order valence-corrected chi connectivity index (χ3v) is 8.63. The van der Waals surface area contributed by atoms with Gasteiger partial charge in [-0.05, 0) is 55.9 Å². The first-order chi connectivity index (χ1) is 19.8. The molecule has 10 heteroatoms. The number of nitrogens with one attached hydrogen (secondary N) is 1. The molecule has 2 heterocycles. The van der Waals surface area contributed by atoms with Gasteiger partial charge in [0, 0.05) is 24.8 Å². The maximum absolute atomic E-state index is 14.6. The van der Waals surface area contributed by atoms with Gasteiger partial charge in [0.2, 0.25) is 11.8 Å². The summed E-state index contributed by atoms with van der Waals surface area (Å²) in [5, 5.41) is 3.11. The van der Waals surface area contributed by atoms with E-state index in [0.29, 0.717) is 32.6 Å². The molecule has 1 radical (unpaired) electrons. The Morgan fingerprint density at radius 2 is 1.71 bits per heavy atom. The van der Waals surface area contributed by atoms with Crippen LogP contribution in [0.5, 0.6) is 0 Å². The van der Waals surface area contributed by atoms with Crippen molar-refractivity contribution in [1.29, 1.82) is 0 Å². The van der Waals surface area contributed by atoms with E-state index in [-0.39, 0.29) is 47.9 Å². The minimum Gasteiger partial charge on any atom is -0.366 e. The molecule has 1 spiro atoms. The summed E-state index contributed by atoms with van der Waals surface area (Å²) in [5.74, 6) is -2.07. The highest BCUT2D eigenvalue weighted by Gasteiger charge is 2.54. The second-order valence-electron chi connectivity index (χ2n) is 11.2. The van der Waals surface area contributed by atoms with E-state index in [9.17, 15) is 23.6 Å². The Morgan fingerprint density at radius 3 is 2.39 bits per heavy atom. The van der Waals surface area contributed by atoms with E-state index in [1.165, 1.54) is 31.0 Å². The Hall–Kier alpha value is -3.95. The fraction of sp³-hybridized carbons (Fsp3) is 0.452. The molecule has 9 nitrogen and oxygen atoms in total. The lowest BCUT2D eigenvalue weighted by Gasteiger charge is -2.43. The Kier molecular flexibility index (Phi) is 8.56. The molecule has 0 unspecified atom stereocenters. The van der Waals surface area contributed by atoms with Crippen LogP contribution in [-0.2, 0) is 20.8 Å². The van der Waals surface area contributed by atoms with Gasteiger partial charge in [-0.3, -0.25) is 19.2 Å². The van der Waals surface area contributed by atoms with Crippen molar-refractivity contribution < 1.29 is 23.6 Å². The first-order valence-corrected chi connectivity index (χ1v) is 14.4. The average molecular weight is 563 g/mol. The molecule has 3 N–H and O–H groups in total. The summed E-state index contributed by atoms with van der Waals surface area (Å²) in [6, 6.07) is 14.2. The van der Waals surface area contributed by atoms with Crippen LogP contribution >= 0.6 is 0 Å². The second-order valence-corrected chi connectivity index (χ2v) is 11.2. The fourth-order valence-corrected chi connectivity index (χ4v) is 6.37. The molecule has 3 fully saturated rings. The molecule has 5 rings (SSSR count). The van der Waals surface area contributed by atoms with Crippen LogP contribution in [0.25, 0.3) is 0 Å². The zero-order chi connectivity index (χ0) is 29.0. The van der Waals surface area contributed by atoms with Crippen LogP contribution < -0.4 is 16.0 Å². The monoisotopic (exact) mass is 562 g/mol. The molecule has 2 saturated heterocycles. The lowest BCUT2D eigenvalue weighted by Crippen LogP contribution is -2.57. The van der Waals surface area contributed by atoms with Crippen LogP contribution in [0, 0.1) is 12.2 Å². The number of nitrogens with two attached hydrogens (primary N) is 1. The largest absolute Gasteiger partial charge is 0.366 e. The van der Waals surface area contributed by atoms with Gasteiger partial charge >= 0.3 is 0 Å². The Morgan fingerprint density at radius 1 is 1.00 bits per heavy atom. The zero-order valence-electron chi connectivity index (χ0n) is 23.2. The number of benzene rings is 2. The van der Waals surface area contributed by atoms with E-state index in [1.54, 1.807) is 9.80 Å². The lowest BCUT2D eigenvalue weighted by molar-refractivity contribution is -0.139. The summed E-state index contributed by atoms with van der Waals surface area (Å²) in [7, 11) is 0. The number of anilines is 1. The van der Waals surface area contributed by atoms with Gasteiger partial charge in [0.1, 0.15) is 17.9 Å². The first-order valence-electron chi connectivity index (χ1n) is 14.4. The Balaban J connectivity index is 1.24. The molecule has 2 aromatic carbocycles. The fourth-order valence-electron chi connectivity index (χ4n) is 6.37. The quantitative estimate of drug-likeness (QED) is 0.514. The molecule has 1 aliphatic carbocycles. The number of rotatable bonds is 8. The third-order valence-electron chi connectivity index (χ3n) is 8.63. The number of hydrogen-bond donors (Lipinski definition) is 2. The van der Waals surface area contributed by atoms with Gasteiger partial charge in [-0.2, -0.15) is 0 Å². The smallest absolute Gasteiger partial charge is 0.251 e. The molecule has 4 amide bonds. The SMILES string of the molecule is NC(=O)c1cccc(C[CH]C(=O)N2CCC3(CC2)C(=O)N(CC(=O)NC2CCCCC2)CN3c2ccccc2)c1F. The van der Waals surface area contributed by atoms with E-state index < -0.39 is 17.3 Å². The molecule has 0 aromatic heterocycles. The van der Waals surface area contributed by atoms with E-state index in [1.807, 2.05) is 30.3 Å². The van der Waals surface area contributed by atoms with E-state index in [2.05, 4.69) is 10.2 Å². The van der Waals surface area contributed by atoms with Crippen molar-refractivity contribution in [2.75, 3.05) is 31.2 Å². The summed E-state index contributed by atoms with van der Waals surface area (Å²) in [6.45, 7) is 0.996. The van der Waals surface area contributed by atoms with Gasteiger partial charge in [0.25, 0.3) is 11.8 Å². The van der Waals surface area contributed by atoms with E-state index in [0.717, 1.165) is 31.4 Å². The van der Waals surface area contributed by atoms with Crippen LogP contribution in [0.3, 0.4) is 0 Å². The normalized spacial score (nSPS) is 19.0. The molecule has 2 aliphatic heterocycles. The highest BCUT2D eigenvalue weighted by molar-refractivity contribution is 5.97. The van der Waals surface area contributed by atoms with Crippen molar-refractivity contribution in [2.45, 2.75) is 62.9 Å². The maximum Gasteiger partial charge on any atom is 0.251 e. The van der Waals surface area contributed by atoms with Gasteiger partial charge in [-0.1, -0.05) is 49.6 Å². The maximum atomic E-state index is 14.6. The predicted molar refractivity (Wildman–Crippen MR) is 152 cm³/mol. The number of para-hydroxylation sites is 1. The zero-order valence-corrected chi connectivity index (χ0v) is 23.2. The van der Waals surface area contributed by atoms with Crippen molar-refractivity contribution in [2.24, 2.45) is 5.73 Å². The van der Waals surface area contributed by atoms with Crippen LogP contribution in [-0.4, -0.2) is 71.3 Å². The molecule has 217 valence electrons. The number of nitrogens with zero attached hydrogens (tertiary/aromatic N) is 3. The molecular formula is C31H37FN5O4. The van der Waals surface area contributed by atoms with Crippen LogP contribution in [0.4, 0.5) is 10.1 Å². The summed E-state index contributed by atoms with van der Waals surface area (Å²) < 4.78 is 14.6. The van der Waals surface area contributed by atoms with Crippen molar-refractivity contribution in [3.8, 4) is 0 Å². The molecule has 1 saturated carbocycles. The Labute approximate surface area is 239 Å². The molecular weight excluding hydrogens is 525 g/mol. The minimum atomic E-state index is -0.860. The van der Waals surface area contributed by atoms with Crippen LogP contribution in [0.1, 0.15) is 60.9 Å². The lowest BCUT2D eigenvalue weighted by atomic mass is 9.85. The number of hydrogen-bond acceptors (Lipinski definition) is 5. The summed E-state index contributed by atoms with van der Waals surface area (Å²) in [5.41, 5.74) is 5.28. The number of carbonyl (C=O) groups is 4. The van der Waals surface area contributed by atoms with Gasteiger partial charge in [0.15, 0.2) is 0 Å². The van der Waals surface area contributed by atoms with Crippen LogP contribution in [0.15, 0.2) is 48.5 Å². The standard InChI is InChI=1S/C31H37FN5O4/c32-28-22(8-7-13-25(28)29(33)40)14-15-27(39)35-18-16-31(17-19-35)30(41)36(21-37(31)24-11-5-2-6-12-24)20-26(38)34-23-9-3-1-4-10-23/h2,5-8,11-13,15,23H,1,3-4,9-10,14,16-21H2,(H2,33,40)(H,34,38). The summed E-state index contributed by atoms with van der Waals surface area (Å²) in [4.78, 5) is 56.7. The van der Waals surface area contributed by atoms with E-state index >= 15 is 0 Å². The number of piperidine rings is 1. The molecule has 41 heavy (non-hydrogen) atoms. The summed E-state index contributed by atoms with van der Waals surface area (Å²) >= 11 is 0. The average Bonchev–Trinajstić information content (AvgIpc) is 3.23. The number of amides is 4. The summed E-state index contributed by atoms with van der Waals surface area (Å²) in [6.07, 6.45) is 7.61. The second kappa shape index (κ2) is 12.3. The van der Waals surface area contributed by atoms with Gasteiger partial charge in [-0.15, -0.1) is 0 Å². The molecule has 0 atom stereocenters. The highest BCUT2D eigenvalue weighted by atomic mass is 19.1. The number of halogens is 1. The van der Waals surface area contributed by atoms with Crippen molar-refractivity contribution in [3.05, 3.63) is 71.9 Å². The molecule has 2 aromatic rings. The highest BCUT2D eigenvalue weighted by Crippen LogP contribution is 2.39. The first kappa shape index (κ1) is 28.6. The number of primary amides is 1. The van der Waals surface area contributed by atoms with E-state index in [4.69, 9.17) is 5.73 Å². The minimum absolute atomic E-state index is 0.00672. The number of carbonyl (C=O) groups excluding carboxylic acids is 4. The van der Waals surface area contributed by atoms with Crippen LogP contribution in [0.2, 0.25) is 0 Å². The number of likely N-dealkylation sites (tertiary alicyclic amines) is 1. The van der Waals surface area contributed by atoms with Crippen molar-refractivity contribution in [3.63, 3.8) is 0 Å². The van der Waals surface area contributed by atoms with Gasteiger partial charge in [0.05, 0.1) is 18.7 Å². The van der Waals surface area contributed by atoms with Crippen molar-refractivity contribution >= 4 is 29.3 Å². The predicted octanol–water partition coefficient (Wildman–Crippen LogP) is 2.79. The Bertz CT molecular complexity index is 1290. The van der Waals surface area contributed by atoms with Gasteiger partial charge < -0.3 is 25.8 Å².